The van der Waals surface area contributed by atoms with Crippen LogP contribution >= 0.6 is 12.2 Å². The van der Waals surface area contributed by atoms with Crippen LogP contribution in [0.5, 0.6) is 0 Å². The largest absolute Gasteiger partial charge is 0.737 e. The maximum Gasteiger partial charge on any atom is 0.434 e. The highest BCUT2D eigenvalue weighted by atomic mass is 32.1. The zero-order valence-corrected chi connectivity index (χ0v) is 14.5. The van der Waals surface area contributed by atoms with Gasteiger partial charge in [0.25, 0.3) is 6.43 Å². The molecule has 1 heterocycles. The SMILES string of the molecule is COC(=S)c1c(C(F)F)nc(C(F)(F)F)c(C(=O)[S-])c1CC(C)C. The van der Waals surface area contributed by atoms with Gasteiger partial charge in [0, 0.05) is 10.7 Å². The quantitative estimate of drug-likeness (QED) is 0.430. The van der Waals surface area contributed by atoms with E-state index in [4.69, 9.17) is 17.0 Å². The molecule has 1 aromatic heterocycles. The van der Waals surface area contributed by atoms with E-state index in [9.17, 15) is 26.7 Å². The van der Waals surface area contributed by atoms with Crippen LogP contribution in [-0.4, -0.2) is 22.3 Å². The highest BCUT2D eigenvalue weighted by Gasteiger charge is 2.40. The fourth-order valence-electron chi connectivity index (χ4n) is 2.18. The fourth-order valence-corrected chi connectivity index (χ4v) is 2.63. The standard InChI is InChI=1S/C14H14F5NO2S2/c1-5(2)4-6-7(13(24)22-3)9(11(15)16)20-10(14(17,18)19)8(6)12(21)23/h5,11H,4H2,1-3H3,(H,21,23)/p-1. The molecule has 0 saturated carbocycles. The van der Waals surface area contributed by atoms with Gasteiger partial charge >= 0.3 is 6.18 Å². The Morgan fingerprint density at radius 2 is 1.83 bits per heavy atom. The number of hydrogen-bond donors (Lipinski definition) is 0. The van der Waals surface area contributed by atoms with Crippen LogP contribution in [0.2, 0.25) is 0 Å². The monoisotopic (exact) mass is 386 g/mol. The van der Waals surface area contributed by atoms with Gasteiger partial charge < -0.3 is 22.2 Å². The zero-order valence-electron chi connectivity index (χ0n) is 12.8. The average Bonchev–Trinajstić information content (AvgIpc) is 2.43. The Bertz CT molecular complexity index is 660. The molecule has 0 atom stereocenters. The molecule has 0 unspecified atom stereocenters. The first kappa shape index (κ1) is 20.6. The van der Waals surface area contributed by atoms with Gasteiger partial charge in [-0.1, -0.05) is 13.8 Å². The molecule has 0 spiro atoms. The van der Waals surface area contributed by atoms with Gasteiger partial charge in [0.15, 0.2) is 10.7 Å². The molecule has 3 nitrogen and oxygen atoms in total. The van der Waals surface area contributed by atoms with Crippen LogP contribution < -0.4 is 0 Å². The van der Waals surface area contributed by atoms with E-state index in [1.807, 2.05) is 0 Å². The van der Waals surface area contributed by atoms with Gasteiger partial charge in [-0.15, -0.1) is 0 Å². The number of rotatable bonds is 5. The predicted molar refractivity (Wildman–Crippen MR) is 83.1 cm³/mol. The number of nitrogens with zero attached hydrogens (tertiary/aromatic N) is 1. The molecule has 0 aliphatic heterocycles. The van der Waals surface area contributed by atoms with Gasteiger partial charge in [0.05, 0.1) is 12.7 Å². The average molecular weight is 386 g/mol. The lowest BCUT2D eigenvalue weighted by atomic mass is 9.91. The summed E-state index contributed by atoms with van der Waals surface area (Å²) < 4.78 is 71.0. The number of carbonyl (C=O) groups is 1. The highest BCUT2D eigenvalue weighted by Crippen LogP contribution is 2.37. The molecule has 10 heteroatoms. The number of methoxy groups -OCH3 is 1. The Kier molecular flexibility index (Phi) is 6.57. The third-order valence-electron chi connectivity index (χ3n) is 3.01. The second-order valence-corrected chi connectivity index (χ2v) is 5.99. The summed E-state index contributed by atoms with van der Waals surface area (Å²) >= 11 is 9.21. The Hall–Kier alpha value is -1.42. The van der Waals surface area contributed by atoms with E-state index in [1.54, 1.807) is 13.8 Å². The van der Waals surface area contributed by atoms with Crippen LogP contribution in [0.4, 0.5) is 22.0 Å². The second kappa shape index (κ2) is 7.64. The molecular weight excluding hydrogens is 373 g/mol. The first-order chi connectivity index (χ1) is 10.9. The summed E-state index contributed by atoms with van der Waals surface area (Å²) in [6, 6.07) is 0. The van der Waals surface area contributed by atoms with E-state index in [-0.39, 0.29) is 17.9 Å². The lowest BCUT2D eigenvalue weighted by molar-refractivity contribution is -0.141. The number of halogens is 5. The molecule has 0 aromatic carbocycles. The van der Waals surface area contributed by atoms with E-state index in [0.717, 1.165) is 7.11 Å². The molecule has 0 N–H and O–H groups in total. The Morgan fingerprint density at radius 1 is 1.29 bits per heavy atom. The molecule has 1 rings (SSSR count). The van der Waals surface area contributed by atoms with Crippen LogP contribution in [0.1, 0.15) is 53.1 Å². The number of carbonyl (C=O) groups excluding carboxylic acids is 1. The summed E-state index contributed by atoms with van der Waals surface area (Å²) in [7, 11) is 1.09. The molecule has 0 aliphatic rings. The van der Waals surface area contributed by atoms with Crippen LogP contribution in [0.3, 0.4) is 0 Å². The number of pyridine rings is 1. The van der Waals surface area contributed by atoms with Gasteiger partial charge in [-0.25, -0.2) is 13.8 Å². The van der Waals surface area contributed by atoms with Gasteiger partial charge in [-0.05, 0) is 30.1 Å². The molecule has 1 aromatic rings. The van der Waals surface area contributed by atoms with Crippen molar-refractivity contribution in [2.24, 2.45) is 5.92 Å². The molecule has 0 fully saturated rings. The normalized spacial score (nSPS) is 11.9. The summed E-state index contributed by atoms with van der Waals surface area (Å²) in [5.74, 6) is -0.259. The zero-order chi connectivity index (χ0) is 18.8. The third kappa shape index (κ3) is 4.35. The summed E-state index contributed by atoms with van der Waals surface area (Å²) in [6.07, 6.45) is -8.58. The molecular formula is C14H13F5NO2S2-. The summed E-state index contributed by atoms with van der Waals surface area (Å²) in [4.78, 5) is 14.6. The first-order valence-corrected chi connectivity index (χ1v) is 7.45. The van der Waals surface area contributed by atoms with Crippen molar-refractivity contribution in [3.63, 3.8) is 0 Å². The smallest absolute Gasteiger partial charge is 0.434 e. The van der Waals surface area contributed by atoms with E-state index in [0.29, 0.717) is 0 Å². The molecule has 0 aliphatic carbocycles. The number of aromatic nitrogens is 1. The molecule has 0 saturated heterocycles. The summed E-state index contributed by atoms with van der Waals surface area (Å²) in [5.41, 5.74) is -4.61. The Labute approximate surface area is 146 Å². The van der Waals surface area contributed by atoms with Crippen molar-refractivity contribution < 1.29 is 31.5 Å². The van der Waals surface area contributed by atoms with Crippen LogP contribution in [0, 0.1) is 5.92 Å². The Morgan fingerprint density at radius 3 is 2.17 bits per heavy atom. The van der Waals surface area contributed by atoms with Crippen molar-refractivity contribution in [2.45, 2.75) is 32.9 Å². The maximum atomic E-state index is 13.3. The highest BCUT2D eigenvalue weighted by molar-refractivity contribution is 7.80. The van der Waals surface area contributed by atoms with Crippen molar-refractivity contribution in [2.75, 3.05) is 7.11 Å². The van der Waals surface area contributed by atoms with E-state index >= 15 is 0 Å². The fraction of sp³-hybridized carbons (Fsp3) is 0.500. The lowest BCUT2D eigenvalue weighted by Gasteiger charge is -2.24. The molecule has 0 amide bonds. The molecule has 0 bridgehead atoms. The van der Waals surface area contributed by atoms with Crippen molar-refractivity contribution >= 4 is 35.0 Å². The minimum atomic E-state index is -5.12. The van der Waals surface area contributed by atoms with Crippen molar-refractivity contribution in [3.05, 3.63) is 28.1 Å². The van der Waals surface area contributed by atoms with Crippen molar-refractivity contribution in [1.82, 2.24) is 4.98 Å². The minimum Gasteiger partial charge on any atom is -0.737 e. The second-order valence-electron chi connectivity index (χ2n) is 5.25. The van der Waals surface area contributed by atoms with Crippen LogP contribution in [-0.2, 0) is 30.0 Å². The molecule has 24 heavy (non-hydrogen) atoms. The van der Waals surface area contributed by atoms with E-state index in [1.165, 1.54) is 0 Å². The number of alkyl halides is 5. The first-order valence-electron chi connectivity index (χ1n) is 6.63. The van der Waals surface area contributed by atoms with Gasteiger partial charge in [0.2, 0.25) is 0 Å². The number of hydrogen-bond acceptors (Lipinski definition) is 5. The van der Waals surface area contributed by atoms with E-state index in [2.05, 4.69) is 17.6 Å². The van der Waals surface area contributed by atoms with E-state index < -0.39 is 45.3 Å². The number of ether oxygens (including phenoxy) is 1. The summed E-state index contributed by atoms with van der Waals surface area (Å²) in [6.45, 7) is 3.29. The minimum absolute atomic E-state index is 0.123. The van der Waals surface area contributed by atoms with Gasteiger partial charge in [-0.2, -0.15) is 13.2 Å². The topological polar surface area (TPSA) is 39.2 Å². The van der Waals surface area contributed by atoms with Gasteiger partial charge in [0.1, 0.15) is 5.69 Å². The van der Waals surface area contributed by atoms with Crippen LogP contribution in [0.15, 0.2) is 0 Å². The lowest BCUT2D eigenvalue weighted by Crippen LogP contribution is -2.24. The molecule has 134 valence electrons. The van der Waals surface area contributed by atoms with Crippen molar-refractivity contribution in [3.8, 4) is 0 Å². The predicted octanol–water partition coefficient (Wildman–Crippen LogP) is 4.25. The van der Waals surface area contributed by atoms with Gasteiger partial charge in [-0.3, -0.25) is 0 Å². The Balaban J connectivity index is 4.02. The number of thiocarbonyl (C=S) groups is 1. The summed E-state index contributed by atoms with van der Waals surface area (Å²) in [5, 5.41) is -1.81. The van der Waals surface area contributed by atoms with Crippen molar-refractivity contribution in [1.29, 1.82) is 0 Å². The molecule has 0 radical (unpaired) electrons. The third-order valence-corrected chi connectivity index (χ3v) is 3.58. The maximum absolute atomic E-state index is 13.3. The van der Waals surface area contributed by atoms with Crippen LogP contribution in [0.25, 0.3) is 0 Å².